The first-order valence-corrected chi connectivity index (χ1v) is 9.83. The van der Waals surface area contributed by atoms with Crippen molar-refractivity contribution >= 4 is 5.52 Å². The van der Waals surface area contributed by atoms with Gasteiger partial charge in [0.15, 0.2) is 0 Å². The standard InChI is InChI=1S/C24H25N3O3/c1-14-7-6-8-15(2)21(14)30-23-18(12-17(13-26-23)24(4,5)29)19-11-16(3)20-22(28)25-9-10-27(19)20/h6-13,29H,1-5H3,(H,25,28). The third-order valence-corrected chi connectivity index (χ3v) is 5.32. The lowest BCUT2D eigenvalue weighted by molar-refractivity contribution is 0.0782. The van der Waals surface area contributed by atoms with Crippen LogP contribution >= 0.6 is 0 Å². The van der Waals surface area contributed by atoms with E-state index in [1.165, 1.54) is 0 Å². The molecule has 0 atom stereocenters. The number of nitrogens with one attached hydrogen (secondary N) is 1. The van der Waals surface area contributed by atoms with E-state index in [0.29, 0.717) is 22.5 Å². The van der Waals surface area contributed by atoms with E-state index in [-0.39, 0.29) is 5.56 Å². The molecule has 1 aromatic carbocycles. The molecule has 3 heterocycles. The highest BCUT2D eigenvalue weighted by molar-refractivity contribution is 5.74. The Morgan fingerprint density at radius 2 is 1.80 bits per heavy atom. The number of aryl methyl sites for hydroxylation is 3. The Kier molecular flexibility index (Phi) is 4.74. The lowest BCUT2D eigenvalue weighted by atomic mass is 9.98. The molecule has 6 nitrogen and oxygen atoms in total. The molecule has 0 bridgehead atoms. The Hall–Kier alpha value is -3.38. The second-order valence-corrected chi connectivity index (χ2v) is 8.18. The minimum Gasteiger partial charge on any atom is -0.438 e. The summed E-state index contributed by atoms with van der Waals surface area (Å²) in [6.07, 6.45) is 5.04. The van der Waals surface area contributed by atoms with Crippen LogP contribution in [0.5, 0.6) is 11.6 Å². The van der Waals surface area contributed by atoms with Crippen molar-refractivity contribution in [2.75, 3.05) is 0 Å². The summed E-state index contributed by atoms with van der Waals surface area (Å²) in [5.41, 5.74) is 4.31. The number of aromatic amines is 1. The number of fused-ring (bicyclic) bond motifs is 1. The van der Waals surface area contributed by atoms with Crippen molar-refractivity contribution in [3.63, 3.8) is 0 Å². The van der Waals surface area contributed by atoms with Crippen LogP contribution in [0.2, 0.25) is 0 Å². The molecule has 0 aliphatic rings. The third kappa shape index (κ3) is 3.39. The molecule has 4 rings (SSSR count). The summed E-state index contributed by atoms with van der Waals surface area (Å²) >= 11 is 0. The minimum absolute atomic E-state index is 0.162. The van der Waals surface area contributed by atoms with Gasteiger partial charge in [0.05, 0.1) is 16.9 Å². The molecule has 0 unspecified atom stereocenters. The van der Waals surface area contributed by atoms with Crippen LogP contribution in [-0.4, -0.2) is 19.5 Å². The van der Waals surface area contributed by atoms with Gasteiger partial charge in [0, 0.05) is 24.2 Å². The molecule has 0 aliphatic carbocycles. The average Bonchev–Trinajstić information content (AvgIpc) is 3.02. The molecule has 0 saturated heterocycles. The van der Waals surface area contributed by atoms with Crippen molar-refractivity contribution in [1.82, 2.24) is 14.4 Å². The van der Waals surface area contributed by atoms with E-state index in [0.717, 1.165) is 28.1 Å². The number of rotatable bonds is 4. The van der Waals surface area contributed by atoms with E-state index in [1.807, 2.05) is 55.5 Å². The molecule has 30 heavy (non-hydrogen) atoms. The van der Waals surface area contributed by atoms with Crippen LogP contribution in [0.3, 0.4) is 0 Å². The highest BCUT2D eigenvalue weighted by Gasteiger charge is 2.23. The van der Waals surface area contributed by atoms with Crippen molar-refractivity contribution < 1.29 is 9.84 Å². The lowest BCUT2D eigenvalue weighted by Gasteiger charge is -2.20. The first-order valence-electron chi connectivity index (χ1n) is 9.83. The van der Waals surface area contributed by atoms with Crippen LogP contribution in [0.4, 0.5) is 0 Å². The van der Waals surface area contributed by atoms with Crippen molar-refractivity contribution in [3.8, 4) is 22.9 Å². The van der Waals surface area contributed by atoms with Crippen molar-refractivity contribution in [1.29, 1.82) is 0 Å². The predicted molar refractivity (Wildman–Crippen MR) is 117 cm³/mol. The number of aromatic nitrogens is 3. The Balaban J connectivity index is 1.98. The number of ether oxygens (including phenoxy) is 1. The number of H-pyrrole nitrogens is 1. The van der Waals surface area contributed by atoms with E-state index in [2.05, 4.69) is 9.97 Å². The highest BCUT2D eigenvalue weighted by Crippen LogP contribution is 2.37. The topological polar surface area (TPSA) is 79.6 Å². The number of pyridine rings is 1. The first-order chi connectivity index (χ1) is 14.2. The number of aliphatic hydroxyl groups is 1. The maximum Gasteiger partial charge on any atom is 0.272 e. The van der Waals surface area contributed by atoms with Gasteiger partial charge in [-0.25, -0.2) is 4.98 Å². The van der Waals surface area contributed by atoms with Gasteiger partial charge in [0.2, 0.25) is 5.88 Å². The van der Waals surface area contributed by atoms with Gasteiger partial charge in [-0.1, -0.05) is 18.2 Å². The van der Waals surface area contributed by atoms with Gasteiger partial charge in [-0.3, -0.25) is 4.79 Å². The third-order valence-electron chi connectivity index (χ3n) is 5.32. The quantitative estimate of drug-likeness (QED) is 0.520. The summed E-state index contributed by atoms with van der Waals surface area (Å²) in [7, 11) is 0. The van der Waals surface area contributed by atoms with Crippen LogP contribution in [0.15, 0.2) is 53.7 Å². The fourth-order valence-corrected chi connectivity index (χ4v) is 3.67. The van der Waals surface area contributed by atoms with Crippen molar-refractivity contribution in [2.24, 2.45) is 0 Å². The monoisotopic (exact) mass is 403 g/mol. The van der Waals surface area contributed by atoms with Crippen LogP contribution in [0.1, 0.15) is 36.1 Å². The normalized spacial score (nSPS) is 11.8. The average molecular weight is 403 g/mol. The number of hydrogen-bond acceptors (Lipinski definition) is 4. The maximum atomic E-state index is 12.4. The molecular weight excluding hydrogens is 378 g/mol. The van der Waals surface area contributed by atoms with E-state index in [9.17, 15) is 9.90 Å². The van der Waals surface area contributed by atoms with Crippen molar-refractivity contribution in [2.45, 2.75) is 40.2 Å². The summed E-state index contributed by atoms with van der Waals surface area (Å²) < 4.78 is 8.12. The Morgan fingerprint density at radius 1 is 1.10 bits per heavy atom. The lowest BCUT2D eigenvalue weighted by Crippen LogP contribution is -2.16. The maximum absolute atomic E-state index is 12.4. The summed E-state index contributed by atoms with van der Waals surface area (Å²) in [6.45, 7) is 9.30. The van der Waals surface area contributed by atoms with Gasteiger partial charge in [-0.05, 0) is 63.4 Å². The summed E-state index contributed by atoms with van der Waals surface area (Å²) in [6, 6.07) is 9.78. The molecule has 0 amide bonds. The highest BCUT2D eigenvalue weighted by atomic mass is 16.5. The second kappa shape index (κ2) is 7.15. The molecule has 4 aromatic rings. The zero-order chi connectivity index (χ0) is 21.6. The van der Waals surface area contributed by atoms with Crippen LogP contribution < -0.4 is 10.3 Å². The zero-order valence-electron chi connectivity index (χ0n) is 17.8. The van der Waals surface area contributed by atoms with Crippen LogP contribution in [-0.2, 0) is 5.60 Å². The molecule has 0 radical (unpaired) electrons. The Morgan fingerprint density at radius 3 is 2.47 bits per heavy atom. The number of hydrogen-bond donors (Lipinski definition) is 2. The smallest absolute Gasteiger partial charge is 0.272 e. The first kappa shape index (κ1) is 19.9. The predicted octanol–water partition coefficient (Wildman–Crippen LogP) is 4.63. The number of para-hydroxylation sites is 1. The fraction of sp³-hybridized carbons (Fsp3) is 0.250. The SMILES string of the molecule is Cc1cccc(C)c1Oc1ncc(C(C)(C)O)cc1-c1cc(C)c2c(=O)[nH]ccn12. The molecule has 154 valence electrons. The molecule has 6 heteroatoms. The van der Waals surface area contributed by atoms with E-state index < -0.39 is 5.60 Å². The van der Waals surface area contributed by atoms with Crippen LogP contribution in [0, 0.1) is 20.8 Å². The Bertz CT molecular complexity index is 1290. The molecule has 0 fully saturated rings. The minimum atomic E-state index is -1.07. The molecule has 0 aliphatic heterocycles. The van der Waals surface area contributed by atoms with Gasteiger partial charge >= 0.3 is 0 Å². The van der Waals surface area contributed by atoms with Crippen LogP contribution in [0.25, 0.3) is 16.8 Å². The molecule has 0 saturated carbocycles. The molecule has 2 N–H and O–H groups in total. The number of nitrogens with zero attached hydrogens (tertiary/aromatic N) is 2. The molecule has 3 aromatic heterocycles. The summed E-state index contributed by atoms with van der Waals surface area (Å²) in [5, 5.41) is 10.5. The van der Waals surface area contributed by atoms with E-state index in [4.69, 9.17) is 4.74 Å². The fourth-order valence-electron chi connectivity index (χ4n) is 3.67. The van der Waals surface area contributed by atoms with Gasteiger partial charge in [0.25, 0.3) is 5.56 Å². The van der Waals surface area contributed by atoms with E-state index in [1.54, 1.807) is 32.4 Å². The van der Waals surface area contributed by atoms with Gasteiger partial charge in [0.1, 0.15) is 11.3 Å². The largest absolute Gasteiger partial charge is 0.438 e. The summed E-state index contributed by atoms with van der Waals surface area (Å²) in [4.78, 5) is 19.7. The van der Waals surface area contributed by atoms with Gasteiger partial charge < -0.3 is 19.2 Å². The van der Waals surface area contributed by atoms with Crippen molar-refractivity contribution in [3.05, 3.63) is 81.5 Å². The summed E-state index contributed by atoms with van der Waals surface area (Å²) in [5.74, 6) is 1.16. The Labute approximate surface area is 174 Å². The zero-order valence-corrected chi connectivity index (χ0v) is 17.8. The molecular formula is C24H25N3O3. The molecule has 0 spiro atoms. The number of benzene rings is 1. The van der Waals surface area contributed by atoms with Gasteiger partial charge in [-0.2, -0.15) is 0 Å². The van der Waals surface area contributed by atoms with E-state index >= 15 is 0 Å². The van der Waals surface area contributed by atoms with Gasteiger partial charge in [-0.15, -0.1) is 0 Å². The second-order valence-electron chi connectivity index (χ2n) is 8.18.